The molecule has 6 nitrogen and oxygen atoms in total. The predicted octanol–water partition coefficient (Wildman–Crippen LogP) is 4.89. The highest BCUT2D eigenvalue weighted by Crippen LogP contribution is 2.41. The van der Waals surface area contributed by atoms with Crippen molar-refractivity contribution >= 4 is 11.7 Å². The number of anilines is 1. The Labute approximate surface area is 195 Å². The van der Waals surface area contributed by atoms with Gasteiger partial charge in [0, 0.05) is 36.7 Å². The minimum absolute atomic E-state index is 0.0819. The number of hydrogen-bond acceptors (Lipinski definition) is 5. The summed E-state index contributed by atoms with van der Waals surface area (Å²) in [5.41, 5.74) is 2.95. The van der Waals surface area contributed by atoms with Crippen LogP contribution in [0.15, 0.2) is 48.9 Å². The van der Waals surface area contributed by atoms with E-state index in [1.165, 1.54) is 6.07 Å². The van der Waals surface area contributed by atoms with Crippen LogP contribution in [-0.2, 0) is 6.18 Å². The minimum Gasteiger partial charge on any atom is -0.365 e. The van der Waals surface area contributed by atoms with Crippen LogP contribution >= 0.6 is 0 Å². The standard InChI is InChI=1S/C25H24F3N5O/c1-14-7-9-30-23(21(14)22-15(2)4-3-8-29-22)24(34)33-13-16-10-18(19(33)11-16)32-20-6-5-17(12-31-20)25(26,27)28/h3-9,12,16,18-19H,10-11,13H2,1-2H3,(H,31,32)/t16-,18-,19+/m1/s1. The average molecular weight is 467 g/mol. The second-order valence-corrected chi connectivity index (χ2v) is 9.06. The molecule has 1 saturated heterocycles. The summed E-state index contributed by atoms with van der Waals surface area (Å²) in [6.07, 6.45) is 1.43. The molecule has 0 unspecified atom stereocenters. The number of pyridine rings is 3. The van der Waals surface area contributed by atoms with Crippen molar-refractivity contribution in [1.82, 2.24) is 19.9 Å². The van der Waals surface area contributed by atoms with Gasteiger partial charge in [-0.2, -0.15) is 13.2 Å². The number of likely N-dealkylation sites (tertiary alicyclic amines) is 1. The summed E-state index contributed by atoms with van der Waals surface area (Å²) in [5.74, 6) is 0.547. The number of carbonyl (C=O) groups is 1. The van der Waals surface area contributed by atoms with Gasteiger partial charge in [-0.1, -0.05) is 6.07 Å². The fourth-order valence-corrected chi connectivity index (χ4v) is 5.15. The van der Waals surface area contributed by atoms with Gasteiger partial charge in [-0.3, -0.25) is 14.8 Å². The number of rotatable bonds is 4. The Bertz CT molecular complexity index is 1230. The second kappa shape index (κ2) is 8.38. The summed E-state index contributed by atoms with van der Waals surface area (Å²) in [6, 6.07) is 7.87. The van der Waals surface area contributed by atoms with Gasteiger partial charge in [0.15, 0.2) is 0 Å². The van der Waals surface area contributed by atoms with E-state index < -0.39 is 11.7 Å². The Morgan fingerprint density at radius 3 is 2.53 bits per heavy atom. The molecule has 2 aliphatic rings. The van der Waals surface area contributed by atoms with Crippen LogP contribution in [0.2, 0.25) is 0 Å². The average Bonchev–Trinajstić information content (AvgIpc) is 3.39. The van der Waals surface area contributed by atoms with E-state index >= 15 is 0 Å². The monoisotopic (exact) mass is 467 g/mol. The SMILES string of the molecule is Cc1cccnc1-c1c(C)ccnc1C(=O)N1C[C@@H]2C[C@@H](Nc3ccc(C(F)(F)F)cn3)[C@@H]1C2. The first-order valence-electron chi connectivity index (χ1n) is 11.2. The number of fused-ring (bicyclic) bond motifs is 2. The minimum atomic E-state index is -4.42. The number of nitrogens with zero attached hydrogens (tertiary/aromatic N) is 4. The first-order valence-corrected chi connectivity index (χ1v) is 11.2. The van der Waals surface area contributed by atoms with Crippen LogP contribution in [0.3, 0.4) is 0 Å². The van der Waals surface area contributed by atoms with E-state index in [-0.39, 0.29) is 18.0 Å². The summed E-state index contributed by atoms with van der Waals surface area (Å²) in [4.78, 5) is 28.5. The van der Waals surface area contributed by atoms with Crippen molar-refractivity contribution < 1.29 is 18.0 Å². The van der Waals surface area contributed by atoms with Crippen molar-refractivity contribution in [1.29, 1.82) is 0 Å². The van der Waals surface area contributed by atoms with Crippen LogP contribution in [0.4, 0.5) is 19.0 Å². The lowest BCUT2D eigenvalue weighted by atomic mass is 9.98. The van der Waals surface area contributed by atoms with Gasteiger partial charge in [0.05, 0.1) is 17.3 Å². The molecule has 0 aromatic carbocycles. The molecule has 0 spiro atoms. The van der Waals surface area contributed by atoms with Crippen molar-refractivity contribution in [3.63, 3.8) is 0 Å². The van der Waals surface area contributed by atoms with Gasteiger partial charge >= 0.3 is 6.18 Å². The molecule has 1 saturated carbocycles. The third-order valence-corrected chi connectivity index (χ3v) is 6.77. The van der Waals surface area contributed by atoms with Crippen LogP contribution in [0.5, 0.6) is 0 Å². The molecular weight excluding hydrogens is 443 g/mol. The molecule has 1 amide bonds. The highest BCUT2D eigenvalue weighted by Gasteiger charge is 2.47. The predicted molar refractivity (Wildman–Crippen MR) is 121 cm³/mol. The largest absolute Gasteiger partial charge is 0.417 e. The van der Waals surface area contributed by atoms with E-state index in [0.29, 0.717) is 24.0 Å². The summed E-state index contributed by atoms with van der Waals surface area (Å²) in [5, 5.41) is 3.25. The molecule has 1 N–H and O–H groups in total. The Morgan fingerprint density at radius 1 is 1.03 bits per heavy atom. The third-order valence-electron chi connectivity index (χ3n) is 6.77. The normalized spacial score (nSPS) is 21.7. The topological polar surface area (TPSA) is 71.0 Å². The number of halogens is 3. The van der Waals surface area contributed by atoms with Crippen LogP contribution in [-0.4, -0.2) is 44.4 Å². The number of amides is 1. The zero-order valence-corrected chi connectivity index (χ0v) is 18.8. The molecule has 0 radical (unpaired) electrons. The number of nitrogens with one attached hydrogen (secondary N) is 1. The lowest BCUT2D eigenvalue weighted by Gasteiger charge is -2.34. The smallest absolute Gasteiger partial charge is 0.365 e. The number of carbonyl (C=O) groups excluding carboxylic acids is 1. The summed E-state index contributed by atoms with van der Waals surface area (Å²) in [7, 11) is 0. The molecule has 3 aromatic heterocycles. The highest BCUT2D eigenvalue weighted by atomic mass is 19.4. The molecule has 3 aromatic rings. The lowest BCUT2D eigenvalue weighted by molar-refractivity contribution is -0.137. The Morgan fingerprint density at radius 2 is 1.85 bits per heavy atom. The highest BCUT2D eigenvalue weighted by molar-refractivity contribution is 6.00. The van der Waals surface area contributed by atoms with E-state index in [2.05, 4.69) is 20.3 Å². The maximum Gasteiger partial charge on any atom is 0.417 e. The van der Waals surface area contributed by atoms with Crippen LogP contribution in [0.1, 0.15) is 40.0 Å². The van der Waals surface area contributed by atoms with E-state index in [9.17, 15) is 18.0 Å². The zero-order valence-electron chi connectivity index (χ0n) is 18.8. The molecule has 176 valence electrons. The van der Waals surface area contributed by atoms with Gasteiger partial charge in [0.1, 0.15) is 11.5 Å². The fourth-order valence-electron chi connectivity index (χ4n) is 5.15. The Hall–Kier alpha value is -3.49. The Kier molecular flexibility index (Phi) is 5.50. The van der Waals surface area contributed by atoms with Gasteiger partial charge in [-0.15, -0.1) is 0 Å². The van der Waals surface area contributed by atoms with E-state index in [1.807, 2.05) is 36.9 Å². The molecular formula is C25H24F3N5O. The third kappa shape index (κ3) is 3.99. The molecule has 1 aliphatic carbocycles. The zero-order chi connectivity index (χ0) is 24.0. The van der Waals surface area contributed by atoms with Gasteiger partial charge in [0.2, 0.25) is 0 Å². The van der Waals surface area contributed by atoms with Crippen molar-refractivity contribution in [3.8, 4) is 11.3 Å². The lowest BCUT2D eigenvalue weighted by Crippen LogP contribution is -2.48. The van der Waals surface area contributed by atoms with Crippen molar-refractivity contribution in [2.45, 2.75) is 44.9 Å². The van der Waals surface area contributed by atoms with Gasteiger partial charge in [-0.25, -0.2) is 4.98 Å². The molecule has 4 heterocycles. The molecule has 2 fully saturated rings. The number of aryl methyl sites for hydroxylation is 2. The Balaban J connectivity index is 1.40. The summed E-state index contributed by atoms with van der Waals surface area (Å²) in [6.45, 7) is 4.54. The molecule has 1 aliphatic heterocycles. The quantitative estimate of drug-likeness (QED) is 0.592. The first kappa shape index (κ1) is 22.3. The maximum atomic E-state index is 13.7. The fraction of sp³-hybridized carbons (Fsp3) is 0.360. The first-order chi connectivity index (χ1) is 16.2. The number of piperidine rings is 1. The molecule has 2 bridgehead atoms. The molecule has 5 rings (SSSR count). The van der Waals surface area contributed by atoms with E-state index in [0.717, 1.165) is 47.5 Å². The number of alkyl halides is 3. The van der Waals surface area contributed by atoms with Gasteiger partial charge in [-0.05, 0) is 68.0 Å². The number of aromatic nitrogens is 3. The molecule has 3 atom stereocenters. The van der Waals surface area contributed by atoms with Crippen molar-refractivity contribution in [2.24, 2.45) is 5.92 Å². The van der Waals surface area contributed by atoms with Gasteiger partial charge < -0.3 is 10.2 Å². The van der Waals surface area contributed by atoms with Gasteiger partial charge in [0.25, 0.3) is 5.91 Å². The molecule has 34 heavy (non-hydrogen) atoms. The number of hydrogen-bond donors (Lipinski definition) is 1. The van der Waals surface area contributed by atoms with Crippen molar-refractivity contribution in [2.75, 3.05) is 11.9 Å². The second-order valence-electron chi connectivity index (χ2n) is 9.06. The maximum absolute atomic E-state index is 13.7. The molecule has 9 heteroatoms. The van der Waals surface area contributed by atoms with Crippen molar-refractivity contribution in [3.05, 3.63) is 71.3 Å². The summed E-state index contributed by atoms with van der Waals surface area (Å²) < 4.78 is 38.5. The van der Waals surface area contributed by atoms with Crippen LogP contribution < -0.4 is 5.32 Å². The van der Waals surface area contributed by atoms with Crippen LogP contribution in [0.25, 0.3) is 11.3 Å². The van der Waals surface area contributed by atoms with E-state index in [1.54, 1.807) is 12.4 Å². The van der Waals surface area contributed by atoms with E-state index in [4.69, 9.17) is 0 Å². The summed E-state index contributed by atoms with van der Waals surface area (Å²) >= 11 is 0. The van der Waals surface area contributed by atoms with Crippen LogP contribution in [0, 0.1) is 19.8 Å².